The van der Waals surface area contributed by atoms with Gasteiger partial charge in [-0.15, -0.1) is 0 Å². The highest BCUT2D eigenvalue weighted by Gasteiger charge is 2.75. The van der Waals surface area contributed by atoms with Crippen LogP contribution in [0.2, 0.25) is 0 Å². The predicted octanol–water partition coefficient (Wildman–Crippen LogP) is -7.66. The second kappa shape index (κ2) is 37.1. The van der Waals surface area contributed by atoms with Crippen molar-refractivity contribution in [2.75, 3.05) is 39.6 Å². The number of rotatable bonds is 24. The van der Waals surface area contributed by atoms with E-state index in [1.165, 1.54) is 20.8 Å². The van der Waals surface area contributed by atoms with Crippen LogP contribution in [0.15, 0.2) is 11.6 Å². The Morgan fingerprint density at radius 1 is 0.488 bits per heavy atom. The molecular weight excluding hydrogens is 1640 g/mol. The summed E-state index contributed by atoms with van der Waals surface area (Å²) in [6, 6.07) is 0. The summed E-state index contributed by atoms with van der Waals surface area (Å²) < 4.78 is 104. The number of fused-ring (bicyclic) bond motifs is 7. The zero-order valence-electron chi connectivity index (χ0n) is 70.6. The van der Waals surface area contributed by atoms with Gasteiger partial charge < -0.3 is 198 Å². The molecule has 0 spiro atoms. The van der Waals surface area contributed by atoms with Crippen LogP contribution in [0.4, 0.5) is 0 Å². The molecule has 123 heavy (non-hydrogen) atoms. The van der Waals surface area contributed by atoms with E-state index in [1.54, 1.807) is 20.8 Å². The van der Waals surface area contributed by atoms with Crippen molar-refractivity contribution in [3.63, 3.8) is 0 Å². The first-order chi connectivity index (χ1) is 57.7. The number of ether oxygens (including phenoxy) is 17. The highest BCUT2D eigenvalue weighted by molar-refractivity contribution is 5.81. The number of hydrogen-bond donors (Lipinski definition) is 22. The second-order valence-electron chi connectivity index (χ2n) is 38.3. The number of aldehydes is 1. The largest absolute Gasteiger partial charge is 0.457 e. The lowest BCUT2D eigenvalue weighted by Gasteiger charge is -2.71. The molecule has 0 unspecified atom stereocenters. The van der Waals surface area contributed by atoms with E-state index in [4.69, 9.17) is 80.5 Å². The molecule has 0 amide bonds. The Morgan fingerprint density at radius 3 is 1.58 bits per heavy atom. The van der Waals surface area contributed by atoms with Crippen molar-refractivity contribution in [1.29, 1.82) is 0 Å². The summed E-state index contributed by atoms with van der Waals surface area (Å²) in [6.45, 7) is 14.2. The van der Waals surface area contributed by atoms with E-state index in [-0.39, 0.29) is 38.0 Å². The maximum Gasteiger partial charge on any atom is 0.320 e. The summed E-state index contributed by atoms with van der Waals surface area (Å²) in [4.78, 5) is 44.6. The fourth-order valence-electron chi connectivity index (χ4n) is 22.5. The van der Waals surface area contributed by atoms with E-state index in [1.807, 2.05) is 26.8 Å². The fraction of sp³-hybridized carbons (Fsp3) is 0.938. The monoisotopic (exact) mass is 1770 g/mol. The molecule has 8 aliphatic heterocycles. The van der Waals surface area contributed by atoms with Crippen molar-refractivity contribution in [3.05, 3.63) is 11.6 Å². The van der Waals surface area contributed by atoms with Crippen LogP contribution in [0.3, 0.4) is 0 Å². The number of hydrogen-bond acceptors (Lipinski definition) is 42. The molecule has 8 heterocycles. The Labute approximate surface area is 709 Å². The molecule has 0 aromatic heterocycles. The number of carbonyl (C=O) groups is 3. The highest BCUT2D eigenvalue weighted by Crippen LogP contribution is 2.76. The summed E-state index contributed by atoms with van der Waals surface area (Å²) in [5.74, 6) is -4.63. The van der Waals surface area contributed by atoms with Crippen LogP contribution >= 0.6 is 0 Å². The van der Waals surface area contributed by atoms with E-state index >= 15 is 4.79 Å². The Morgan fingerprint density at radius 2 is 0.992 bits per heavy atom. The quantitative estimate of drug-likeness (QED) is 0.0185. The lowest BCUT2D eigenvalue weighted by atomic mass is 9.33. The van der Waals surface area contributed by atoms with Crippen LogP contribution in [0.1, 0.15) is 134 Å². The summed E-state index contributed by atoms with van der Waals surface area (Å²) >= 11 is 0. The van der Waals surface area contributed by atoms with Gasteiger partial charge in [0, 0.05) is 5.92 Å². The minimum absolute atomic E-state index is 0.0673. The predicted molar refractivity (Wildman–Crippen MR) is 404 cm³/mol. The molecule has 49 atom stereocenters. The lowest BCUT2D eigenvalue weighted by Crippen LogP contribution is -2.71. The molecule has 42 heteroatoms. The number of allylic oxidation sites excluding steroid dienone is 2. The van der Waals surface area contributed by atoms with Crippen LogP contribution in [0.5, 0.6) is 0 Å². The van der Waals surface area contributed by atoms with Gasteiger partial charge in [0.2, 0.25) is 6.29 Å². The Bertz CT molecular complexity index is 3620. The minimum atomic E-state index is -2.29. The minimum Gasteiger partial charge on any atom is -0.457 e. The van der Waals surface area contributed by atoms with Gasteiger partial charge in [0.15, 0.2) is 56.2 Å². The molecule has 8 saturated heterocycles. The van der Waals surface area contributed by atoms with Gasteiger partial charge >= 0.3 is 11.9 Å². The van der Waals surface area contributed by atoms with Crippen LogP contribution < -0.4 is 0 Å². The normalized spacial score (nSPS) is 53.9. The van der Waals surface area contributed by atoms with Gasteiger partial charge in [0.05, 0.1) is 87.6 Å². The number of esters is 2. The molecule has 42 nitrogen and oxygen atoms in total. The van der Waals surface area contributed by atoms with Gasteiger partial charge in [0.1, 0.15) is 158 Å². The van der Waals surface area contributed by atoms with E-state index in [0.717, 1.165) is 11.9 Å². The van der Waals surface area contributed by atoms with E-state index in [0.29, 0.717) is 25.7 Å². The second-order valence-corrected chi connectivity index (χ2v) is 38.3. The van der Waals surface area contributed by atoms with Crippen molar-refractivity contribution in [3.8, 4) is 0 Å². The van der Waals surface area contributed by atoms with Gasteiger partial charge in [-0.05, 0) is 112 Å². The van der Waals surface area contributed by atoms with Crippen molar-refractivity contribution >= 4 is 18.2 Å². The van der Waals surface area contributed by atoms with Gasteiger partial charge in [-0.25, -0.2) is 0 Å². The maximum atomic E-state index is 16.4. The lowest BCUT2D eigenvalue weighted by molar-refractivity contribution is -0.398. The molecule has 13 aliphatic rings. The number of carbonyl (C=O) groups excluding carboxylic acids is 3. The smallest absolute Gasteiger partial charge is 0.320 e. The number of aliphatic hydroxyl groups excluding tert-OH is 21. The van der Waals surface area contributed by atoms with Gasteiger partial charge in [-0.1, -0.05) is 67.0 Å². The van der Waals surface area contributed by atoms with Gasteiger partial charge in [-0.2, -0.15) is 0 Å². The van der Waals surface area contributed by atoms with Crippen molar-refractivity contribution < 1.29 is 207 Å². The Hall–Kier alpha value is -3.13. The molecule has 0 bridgehead atoms. The molecule has 0 radical (unpaired) electrons. The van der Waals surface area contributed by atoms with Crippen LogP contribution in [-0.4, -0.2) is 415 Å². The van der Waals surface area contributed by atoms with Gasteiger partial charge in [0.25, 0.3) is 0 Å². The summed E-state index contributed by atoms with van der Waals surface area (Å²) in [5.41, 5.74) is -8.50. The van der Waals surface area contributed by atoms with Gasteiger partial charge in [-0.3, -0.25) is 9.59 Å². The first-order valence-electron chi connectivity index (χ1n) is 42.8. The SMILES string of the molecule is CC[C@H](C)C(=O)O[C@@H]1[C@H](O)[C@@H](O[C@@H]2O[C@@H](C)[C@H](O[C@@H]3OC[C@@H](O)[C@H](O[C@@H]4OC[C@](O)(CO)[C@H]4O)[C@H]3O)[C@@H](O[C@@H]3O[C@H](CO)[C@@H](O)[C@H](O)[C@H]3O)[C@H]2O)[C@H](OC(=O)[C@]23[C@H](O)CC(C)(C)C[C@H]2C2=CC[C@@H]4[C@@]5(C)CC[C@H](O[C@@H]6O[C@H](CO)[C@@H](O)[C@H](O[C@@H]7O[C@@H](C)[C@H](O)[C@@H](O)[C@H]7O)[C@H]6O[C@@H]6O[C@H](CO)[C@H](O)[C@H](O)[C@H]6O)[C@@](C)(C=O)[C@@H]5CC[C@@]4(C)[C@]2(C)C[C@H]3O)O[C@@H]1C. The molecular formula is C81H130O42. The third-order valence-corrected chi connectivity index (χ3v) is 30.3. The van der Waals surface area contributed by atoms with Crippen molar-refractivity contribution in [1.82, 2.24) is 0 Å². The van der Waals surface area contributed by atoms with Crippen LogP contribution in [-0.2, 0) is 94.9 Å². The topological polar surface area (TPSA) is 653 Å². The molecule has 0 aromatic carbocycles. The molecule has 12 fully saturated rings. The molecule has 5 aliphatic carbocycles. The Balaban J connectivity index is 0.793. The third kappa shape index (κ3) is 17.0. The van der Waals surface area contributed by atoms with Crippen LogP contribution in [0, 0.1) is 56.2 Å². The van der Waals surface area contributed by atoms with Crippen LogP contribution in [0.25, 0.3) is 0 Å². The Kier molecular flexibility index (Phi) is 29.4. The standard InChI is InChI=1S/C81H130O42/c1-12-29(2)65(104)116-57-31(4)111-71(62(54(57)100)121-70-56(102)61(120-68-52(98)49(95)45(91)36(22-82)112-68)58(32(5)110-70)117-66-55(101)59(35(87)25-107-66)118-73-64(103)80(106,27-86)28-108-73)123-74(105)81-34(19-75(6,7)20-41(81)88)33-13-14-40-76(8)17-16-43(77(9,26-85)39(76)15-18-78(40,10)79(33,11)21-42(81)89)115-72-63(122-69-53(99)50(96)46(92)37(23-83)113-69)60(47(93)38(24-84)114-72)119-67-51(97)48(94)44(90)30(3)109-67/h13,26,29-32,34-64,66-73,82-84,86-103,106H,12,14-25,27-28H2,1-11H3/t29-,30-,31+,32-,34-,35+,36+,37+,38+,39+,40+,41+,42+,43-,44-,45+,46-,47+,48+,49-,50-,51+,52+,53+,54-,55+,56+,57-,58-,59-,60-,61-,62+,63+,64-,66-,67-,68-,69-,70-,71-,72-,73-,76-,77-,78+,79+,80+,81-/m0/s1. The first-order valence-corrected chi connectivity index (χ1v) is 42.8. The average molecular weight is 1780 g/mol. The fourth-order valence-corrected chi connectivity index (χ4v) is 22.5. The number of aliphatic hydroxyl groups is 22. The molecule has 0 aromatic rings. The van der Waals surface area contributed by atoms with E-state index in [2.05, 4.69) is 13.8 Å². The van der Waals surface area contributed by atoms with E-state index < -0.39 is 347 Å². The maximum absolute atomic E-state index is 16.4. The first kappa shape index (κ1) is 97.4. The van der Waals surface area contributed by atoms with Crippen molar-refractivity contribution in [2.45, 2.75) is 379 Å². The highest BCUT2D eigenvalue weighted by atomic mass is 16.8. The zero-order valence-corrected chi connectivity index (χ0v) is 70.6. The molecule has 13 rings (SSSR count). The summed E-state index contributed by atoms with van der Waals surface area (Å²) in [5, 5.41) is 249. The molecule has 4 saturated carbocycles. The third-order valence-electron chi connectivity index (χ3n) is 30.3. The van der Waals surface area contributed by atoms with Crippen molar-refractivity contribution in [2.24, 2.45) is 56.2 Å². The van der Waals surface area contributed by atoms with E-state index in [9.17, 15) is 122 Å². The zero-order chi connectivity index (χ0) is 90.1. The summed E-state index contributed by atoms with van der Waals surface area (Å²) in [6.07, 6.45) is -66.4. The molecule has 22 N–H and O–H groups in total. The summed E-state index contributed by atoms with van der Waals surface area (Å²) in [7, 11) is 0. The average Bonchev–Trinajstić information content (AvgIpc) is 0.846. The molecule has 706 valence electrons.